The van der Waals surface area contributed by atoms with E-state index in [2.05, 4.69) is 19.2 Å². The number of nitrogens with two attached hydrogens (primary N) is 1. The van der Waals surface area contributed by atoms with E-state index in [1.165, 1.54) is 19.3 Å². The smallest absolute Gasteiger partial charge is 0.223 e. The number of nitrogens with one attached hydrogen (secondary N) is 1. The number of fused-ring (bicyclic) bond motifs is 5. The van der Waals surface area contributed by atoms with Gasteiger partial charge in [-0.05, 0) is 55.3 Å². The fourth-order valence-corrected chi connectivity index (χ4v) is 4.76. The van der Waals surface area contributed by atoms with Crippen molar-refractivity contribution < 1.29 is 4.79 Å². The third kappa shape index (κ3) is 1.97. The summed E-state index contributed by atoms with van der Waals surface area (Å²) in [5, 5.41) is 3.19. The van der Waals surface area contributed by atoms with Crippen LogP contribution < -0.4 is 11.1 Å². The largest absolute Gasteiger partial charge is 0.352 e. The van der Waals surface area contributed by atoms with E-state index in [4.69, 9.17) is 5.73 Å². The Morgan fingerprint density at radius 2 is 1.89 bits per heavy atom. The summed E-state index contributed by atoms with van der Waals surface area (Å²) in [6, 6.07) is 0.177. The molecule has 0 radical (unpaired) electrons. The summed E-state index contributed by atoms with van der Waals surface area (Å²) in [5.74, 6) is 4.46. The number of hydrogen-bond donors (Lipinski definition) is 2. The Morgan fingerprint density at radius 3 is 2.39 bits per heavy atom. The normalized spacial score (nSPS) is 41.9. The highest BCUT2D eigenvalue weighted by molar-refractivity contribution is 5.83. The maximum atomic E-state index is 12.3. The van der Waals surface area contributed by atoms with Crippen LogP contribution >= 0.6 is 0 Å². The second kappa shape index (κ2) is 4.52. The van der Waals surface area contributed by atoms with Crippen molar-refractivity contribution in [2.24, 2.45) is 41.2 Å². The summed E-state index contributed by atoms with van der Waals surface area (Å²) >= 11 is 0. The van der Waals surface area contributed by atoms with Crippen molar-refractivity contribution in [1.29, 1.82) is 0 Å². The molecular formula is C15H26N2O. The van der Waals surface area contributed by atoms with Gasteiger partial charge in [-0.2, -0.15) is 0 Å². The minimum Gasteiger partial charge on any atom is -0.352 e. The number of hydrogen-bond acceptors (Lipinski definition) is 2. The highest BCUT2D eigenvalue weighted by Crippen LogP contribution is 2.69. The summed E-state index contributed by atoms with van der Waals surface area (Å²) in [7, 11) is 0. The average molecular weight is 250 g/mol. The van der Waals surface area contributed by atoms with E-state index in [0.717, 1.165) is 30.1 Å². The van der Waals surface area contributed by atoms with Gasteiger partial charge in [0.05, 0.1) is 0 Å². The molecule has 18 heavy (non-hydrogen) atoms. The van der Waals surface area contributed by atoms with E-state index in [0.29, 0.717) is 24.3 Å². The van der Waals surface area contributed by atoms with E-state index in [9.17, 15) is 4.79 Å². The summed E-state index contributed by atoms with van der Waals surface area (Å²) < 4.78 is 0. The second-order valence-corrected chi connectivity index (χ2v) is 7.08. The van der Waals surface area contributed by atoms with Crippen molar-refractivity contribution in [3.8, 4) is 0 Å². The van der Waals surface area contributed by atoms with Gasteiger partial charge in [-0.1, -0.05) is 13.8 Å². The van der Waals surface area contributed by atoms with Crippen LogP contribution in [0, 0.1) is 35.5 Å². The van der Waals surface area contributed by atoms with Crippen molar-refractivity contribution in [3.63, 3.8) is 0 Å². The fraction of sp³-hybridized carbons (Fsp3) is 0.933. The van der Waals surface area contributed by atoms with Gasteiger partial charge >= 0.3 is 0 Å². The molecule has 0 heterocycles. The van der Waals surface area contributed by atoms with Crippen molar-refractivity contribution in [2.75, 3.05) is 6.54 Å². The molecule has 102 valence electrons. The predicted octanol–water partition coefficient (Wildman–Crippen LogP) is 1.77. The molecule has 0 aromatic heterocycles. The molecule has 3 N–H and O–H groups in total. The molecule has 5 atom stereocenters. The van der Waals surface area contributed by atoms with Crippen molar-refractivity contribution in [1.82, 2.24) is 5.32 Å². The first-order chi connectivity index (χ1) is 8.61. The zero-order valence-corrected chi connectivity index (χ0v) is 11.6. The number of rotatable bonds is 5. The molecule has 3 rings (SSSR count). The maximum Gasteiger partial charge on any atom is 0.223 e. The molecule has 2 bridgehead atoms. The first-order valence-electron chi connectivity index (χ1n) is 7.62. The van der Waals surface area contributed by atoms with Gasteiger partial charge in [-0.3, -0.25) is 4.79 Å². The van der Waals surface area contributed by atoms with Gasteiger partial charge in [0.25, 0.3) is 0 Å². The van der Waals surface area contributed by atoms with Gasteiger partial charge in [-0.25, -0.2) is 0 Å². The molecule has 0 aliphatic heterocycles. The van der Waals surface area contributed by atoms with Crippen LogP contribution in [-0.4, -0.2) is 18.5 Å². The van der Waals surface area contributed by atoms with Crippen LogP contribution in [0.2, 0.25) is 0 Å². The van der Waals surface area contributed by atoms with Gasteiger partial charge in [0.15, 0.2) is 0 Å². The van der Waals surface area contributed by atoms with Crippen LogP contribution in [0.15, 0.2) is 0 Å². The molecule has 3 saturated carbocycles. The third-order valence-electron chi connectivity index (χ3n) is 5.42. The third-order valence-corrected chi connectivity index (χ3v) is 5.42. The van der Waals surface area contributed by atoms with Crippen LogP contribution in [0.25, 0.3) is 0 Å². The number of carbonyl (C=O) groups is 1. The molecule has 3 fully saturated rings. The fourth-order valence-electron chi connectivity index (χ4n) is 4.76. The van der Waals surface area contributed by atoms with Crippen LogP contribution in [-0.2, 0) is 4.79 Å². The zero-order valence-electron chi connectivity index (χ0n) is 11.6. The molecule has 3 aliphatic rings. The average Bonchev–Trinajstić information content (AvgIpc) is 2.77. The summed E-state index contributed by atoms with van der Waals surface area (Å²) in [5.41, 5.74) is 5.76. The Balaban J connectivity index is 1.54. The van der Waals surface area contributed by atoms with Gasteiger partial charge in [0, 0.05) is 18.5 Å². The van der Waals surface area contributed by atoms with Crippen LogP contribution in [0.3, 0.4) is 0 Å². The zero-order chi connectivity index (χ0) is 12.9. The minimum atomic E-state index is 0.177. The van der Waals surface area contributed by atoms with Gasteiger partial charge in [-0.15, -0.1) is 0 Å². The first kappa shape index (κ1) is 12.5. The molecular weight excluding hydrogens is 224 g/mol. The topological polar surface area (TPSA) is 55.1 Å². The summed E-state index contributed by atoms with van der Waals surface area (Å²) in [4.78, 5) is 12.3. The molecule has 3 aliphatic carbocycles. The van der Waals surface area contributed by atoms with E-state index >= 15 is 0 Å². The van der Waals surface area contributed by atoms with Crippen LogP contribution in [0.4, 0.5) is 0 Å². The standard InChI is InChI=1S/C15H26N2O/c1-8(2)5-11(7-16)17-15(18)14-12-9-3-4-10(6-9)13(12)14/h8-14H,3-7,16H2,1-2H3,(H,17,18). The van der Waals surface area contributed by atoms with Gasteiger partial charge in [0.2, 0.25) is 5.91 Å². The van der Waals surface area contributed by atoms with Gasteiger partial charge in [0.1, 0.15) is 0 Å². The Bertz CT molecular complexity index is 325. The van der Waals surface area contributed by atoms with Crippen molar-refractivity contribution in [3.05, 3.63) is 0 Å². The molecule has 3 nitrogen and oxygen atoms in total. The number of carbonyl (C=O) groups excluding carboxylic acids is 1. The quantitative estimate of drug-likeness (QED) is 0.781. The molecule has 0 aromatic rings. The van der Waals surface area contributed by atoms with E-state index in [1.807, 2.05) is 0 Å². The Hall–Kier alpha value is -0.570. The number of amides is 1. The lowest BCUT2D eigenvalue weighted by Gasteiger charge is -2.19. The Kier molecular flexibility index (Phi) is 3.13. The van der Waals surface area contributed by atoms with Crippen molar-refractivity contribution in [2.45, 2.75) is 45.6 Å². The van der Waals surface area contributed by atoms with E-state index < -0.39 is 0 Å². The molecule has 5 unspecified atom stereocenters. The molecule has 1 amide bonds. The lowest BCUT2D eigenvalue weighted by Crippen LogP contribution is -2.42. The van der Waals surface area contributed by atoms with E-state index in [1.54, 1.807) is 0 Å². The lowest BCUT2D eigenvalue weighted by molar-refractivity contribution is -0.124. The Labute approximate surface area is 110 Å². The Morgan fingerprint density at radius 1 is 1.28 bits per heavy atom. The maximum absolute atomic E-state index is 12.3. The lowest BCUT2D eigenvalue weighted by atomic mass is 10.0. The molecule has 0 aromatic carbocycles. The van der Waals surface area contributed by atoms with Gasteiger partial charge < -0.3 is 11.1 Å². The monoisotopic (exact) mass is 250 g/mol. The summed E-state index contributed by atoms with van der Waals surface area (Å²) in [6.45, 7) is 4.93. The SMILES string of the molecule is CC(C)CC(CN)NC(=O)C1C2C3CCC(C3)C12. The highest BCUT2D eigenvalue weighted by Gasteiger charge is 2.67. The second-order valence-electron chi connectivity index (χ2n) is 7.08. The minimum absolute atomic E-state index is 0.177. The molecule has 0 spiro atoms. The predicted molar refractivity (Wildman–Crippen MR) is 71.7 cm³/mol. The first-order valence-corrected chi connectivity index (χ1v) is 7.62. The van der Waals surface area contributed by atoms with Crippen LogP contribution in [0.5, 0.6) is 0 Å². The molecule has 0 saturated heterocycles. The highest BCUT2D eigenvalue weighted by atomic mass is 16.2. The molecule has 3 heteroatoms. The van der Waals surface area contributed by atoms with Crippen LogP contribution in [0.1, 0.15) is 39.5 Å². The van der Waals surface area contributed by atoms with E-state index in [-0.39, 0.29) is 6.04 Å². The van der Waals surface area contributed by atoms with Crippen molar-refractivity contribution >= 4 is 5.91 Å². The summed E-state index contributed by atoms with van der Waals surface area (Å²) in [6.07, 6.45) is 5.16.